The number of hydrogen-bond donors (Lipinski definition) is 1. The van der Waals surface area contributed by atoms with Gasteiger partial charge in [0.25, 0.3) is 5.69 Å². The lowest BCUT2D eigenvalue weighted by molar-refractivity contribution is -0.384. The van der Waals surface area contributed by atoms with E-state index < -0.39 is 4.92 Å². The topological polar surface area (TPSA) is 81.2 Å². The number of hydrogen-bond acceptors (Lipinski definition) is 5. The van der Waals surface area contributed by atoms with E-state index in [1.54, 1.807) is 18.3 Å². The van der Waals surface area contributed by atoms with Crippen LogP contribution in [-0.2, 0) is 6.42 Å². The Morgan fingerprint density at radius 3 is 2.65 bits per heavy atom. The number of nitro benzene ring substituents is 1. The minimum Gasteiger partial charge on any atom is -0.441 e. The molecule has 1 heterocycles. The lowest BCUT2D eigenvalue weighted by Crippen LogP contribution is -2.24. The first kappa shape index (κ1) is 14.2. The van der Waals surface area contributed by atoms with Crippen LogP contribution in [0.5, 0.6) is 0 Å². The molecule has 0 saturated carbocycles. The molecule has 1 N–H and O–H groups in total. The van der Waals surface area contributed by atoms with Crippen molar-refractivity contribution in [3.8, 4) is 11.3 Å². The summed E-state index contributed by atoms with van der Waals surface area (Å²) >= 11 is 0. The molecule has 2 rings (SSSR count). The Morgan fingerprint density at radius 2 is 2.05 bits per heavy atom. The summed E-state index contributed by atoms with van der Waals surface area (Å²) in [6.07, 6.45) is 2.36. The zero-order valence-electron chi connectivity index (χ0n) is 11.5. The van der Waals surface area contributed by atoms with Gasteiger partial charge >= 0.3 is 0 Å². The maximum Gasteiger partial charge on any atom is 0.269 e. The van der Waals surface area contributed by atoms with Crippen molar-refractivity contribution >= 4 is 5.69 Å². The molecule has 1 aromatic carbocycles. The maximum absolute atomic E-state index is 10.6. The average Bonchev–Trinajstić information content (AvgIpc) is 2.87. The molecule has 0 aliphatic rings. The molecule has 0 radical (unpaired) electrons. The van der Waals surface area contributed by atoms with Gasteiger partial charge in [0.15, 0.2) is 11.7 Å². The molecule has 0 amide bonds. The lowest BCUT2D eigenvalue weighted by Gasteiger charge is -2.05. The van der Waals surface area contributed by atoms with Crippen molar-refractivity contribution in [2.24, 2.45) is 0 Å². The fourth-order valence-corrected chi connectivity index (χ4v) is 1.77. The number of aromatic nitrogens is 1. The van der Waals surface area contributed by atoms with E-state index in [0.29, 0.717) is 24.1 Å². The summed E-state index contributed by atoms with van der Waals surface area (Å²) in [5.41, 5.74) is 0.848. The predicted octanol–water partition coefficient (Wildman–Crippen LogP) is 2.79. The van der Waals surface area contributed by atoms with Crippen molar-refractivity contribution < 1.29 is 9.34 Å². The number of oxazole rings is 1. The Labute approximate surface area is 117 Å². The Bertz CT molecular complexity index is 576. The van der Waals surface area contributed by atoms with Crippen molar-refractivity contribution in [2.75, 3.05) is 6.54 Å². The fourth-order valence-electron chi connectivity index (χ4n) is 1.77. The summed E-state index contributed by atoms with van der Waals surface area (Å²) < 4.78 is 5.63. The van der Waals surface area contributed by atoms with Gasteiger partial charge in [-0.15, -0.1) is 0 Å². The molecular formula is C14H17N3O3. The molecule has 6 nitrogen and oxygen atoms in total. The number of non-ortho nitro benzene ring substituents is 1. The lowest BCUT2D eigenvalue weighted by atomic mass is 10.2. The van der Waals surface area contributed by atoms with Gasteiger partial charge < -0.3 is 9.73 Å². The van der Waals surface area contributed by atoms with E-state index in [-0.39, 0.29) is 5.69 Å². The molecule has 0 unspecified atom stereocenters. The molecule has 0 spiro atoms. The predicted molar refractivity (Wildman–Crippen MR) is 75.4 cm³/mol. The van der Waals surface area contributed by atoms with Crippen LogP contribution in [0.4, 0.5) is 5.69 Å². The molecule has 0 bridgehead atoms. The third-order valence-corrected chi connectivity index (χ3v) is 2.81. The second-order valence-electron chi connectivity index (χ2n) is 4.78. The van der Waals surface area contributed by atoms with Crippen LogP contribution in [0.25, 0.3) is 11.3 Å². The van der Waals surface area contributed by atoms with Crippen LogP contribution >= 0.6 is 0 Å². The number of nitrogens with one attached hydrogen (secondary N) is 1. The van der Waals surface area contributed by atoms with Gasteiger partial charge in [0, 0.05) is 36.7 Å². The monoisotopic (exact) mass is 275 g/mol. The van der Waals surface area contributed by atoms with Crippen molar-refractivity contribution in [1.82, 2.24) is 10.3 Å². The van der Waals surface area contributed by atoms with E-state index in [0.717, 1.165) is 12.1 Å². The maximum atomic E-state index is 10.6. The van der Waals surface area contributed by atoms with Crippen molar-refractivity contribution in [3.05, 3.63) is 46.5 Å². The largest absolute Gasteiger partial charge is 0.441 e. The Hall–Kier alpha value is -2.21. The number of rotatable bonds is 6. The van der Waals surface area contributed by atoms with Gasteiger partial charge in [-0.2, -0.15) is 0 Å². The van der Waals surface area contributed by atoms with Crippen LogP contribution in [0.15, 0.2) is 34.9 Å². The van der Waals surface area contributed by atoms with E-state index >= 15 is 0 Å². The molecule has 0 atom stereocenters. The Kier molecular flexibility index (Phi) is 4.47. The van der Waals surface area contributed by atoms with Crippen LogP contribution in [-0.4, -0.2) is 22.5 Å². The molecule has 106 valence electrons. The normalized spacial score (nSPS) is 10.9. The summed E-state index contributed by atoms with van der Waals surface area (Å²) in [6.45, 7) is 4.97. The minimum atomic E-state index is -0.423. The molecule has 0 saturated heterocycles. The van der Waals surface area contributed by atoms with Gasteiger partial charge in [-0.05, 0) is 12.1 Å². The minimum absolute atomic E-state index is 0.0645. The smallest absolute Gasteiger partial charge is 0.269 e. The highest BCUT2D eigenvalue weighted by Gasteiger charge is 2.09. The van der Waals surface area contributed by atoms with Crippen molar-refractivity contribution in [1.29, 1.82) is 0 Å². The van der Waals surface area contributed by atoms with Crippen LogP contribution < -0.4 is 5.32 Å². The van der Waals surface area contributed by atoms with Crippen LogP contribution in [0, 0.1) is 10.1 Å². The van der Waals surface area contributed by atoms with E-state index in [1.165, 1.54) is 12.1 Å². The molecule has 0 fully saturated rings. The SMILES string of the molecule is CC(C)NCCc1ncc(-c2ccc([N+](=O)[O-])cc2)o1. The van der Waals surface area contributed by atoms with Gasteiger partial charge in [0.1, 0.15) is 0 Å². The van der Waals surface area contributed by atoms with E-state index in [2.05, 4.69) is 24.1 Å². The standard InChI is InChI=1S/C14H17N3O3/c1-10(2)15-8-7-14-16-9-13(20-14)11-3-5-12(6-4-11)17(18)19/h3-6,9-10,15H,7-8H2,1-2H3. The summed E-state index contributed by atoms with van der Waals surface area (Å²) in [6, 6.07) is 6.67. The van der Waals surface area contributed by atoms with Crippen molar-refractivity contribution in [2.45, 2.75) is 26.3 Å². The highest BCUT2D eigenvalue weighted by Crippen LogP contribution is 2.23. The number of nitrogens with zero attached hydrogens (tertiary/aromatic N) is 2. The van der Waals surface area contributed by atoms with Gasteiger partial charge in [0.05, 0.1) is 11.1 Å². The molecular weight excluding hydrogens is 258 g/mol. The Morgan fingerprint density at radius 1 is 1.35 bits per heavy atom. The fraction of sp³-hybridized carbons (Fsp3) is 0.357. The van der Waals surface area contributed by atoms with Gasteiger partial charge in [-0.1, -0.05) is 13.8 Å². The number of benzene rings is 1. The van der Waals surface area contributed by atoms with E-state index in [1.807, 2.05) is 0 Å². The first-order chi connectivity index (χ1) is 9.56. The van der Waals surface area contributed by atoms with Crippen LogP contribution in [0.1, 0.15) is 19.7 Å². The third kappa shape index (κ3) is 3.64. The summed E-state index contributed by atoms with van der Waals surface area (Å²) in [5.74, 6) is 1.28. The first-order valence-corrected chi connectivity index (χ1v) is 6.49. The average molecular weight is 275 g/mol. The first-order valence-electron chi connectivity index (χ1n) is 6.49. The third-order valence-electron chi connectivity index (χ3n) is 2.81. The van der Waals surface area contributed by atoms with Crippen LogP contribution in [0.2, 0.25) is 0 Å². The van der Waals surface area contributed by atoms with Gasteiger partial charge in [-0.3, -0.25) is 10.1 Å². The molecule has 6 heteroatoms. The molecule has 20 heavy (non-hydrogen) atoms. The zero-order valence-corrected chi connectivity index (χ0v) is 11.5. The summed E-state index contributed by atoms with van der Waals surface area (Å²) in [7, 11) is 0. The summed E-state index contributed by atoms with van der Waals surface area (Å²) in [4.78, 5) is 14.4. The highest BCUT2D eigenvalue weighted by molar-refractivity contribution is 5.58. The molecule has 0 aliphatic carbocycles. The highest BCUT2D eigenvalue weighted by atomic mass is 16.6. The van der Waals surface area contributed by atoms with E-state index in [4.69, 9.17) is 4.42 Å². The van der Waals surface area contributed by atoms with E-state index in [9.17, 15) is 10.1 Å². The molecule has 2 aromatic rings. The molecule has 0 aliphatic heterocycles. The number of nitro groups is 1. The quantitative estimate of drug-likeness (QED) is 0.647. The van der Waals surface area contributed by atoms with Crippen molar-refractivity contribution in [3.63, 3.8) is 0 Å². The molecule has 1 aromatic heterocycles. The summed E-state index contributed by atoms with van der Waals surface area (Å²) in [5, 5.41) is 13.9. The van der Waals surface area contributed by atoms with Gasteiger partial charge in [0.2, 0.25) is 0 Å². The zero-order chi connectivity index (χ0) is 14.5. The Balaban J connectivity index is 2.02. The van der Waals surface area contributed by atoms with Gasteiger partial charge in [-0.25, -0.2) is 4.98 Å². The second kappa shape index (κ2) is 6.29. The second-order valence-corrected chi connectivity index (χ2v) is 4.78. The van der Waals surface area contributed by atoms with Crippen LogP contribution in [0.3, 0.4) is 0 Å².